The quantitative estimate of drug-likeness (QED) is 0.370. The predicted octanol–water partition coefficient (Wildman–Crippen LogP) is 3.57. The van der Waals surface area contributed by atoms with Crippen LogP contribution in [0.4, 0.5) is 13.2 Å². The van der Waals surface area contributed by atoms with E-state index in [1.54, 1.807) is 25.3 Å². The Hall–Kier alpha value is -3.88. The maximum Gasteiger partial charge on any atom is 0.471 e. The summed E-state index contributed by atoms with van der Waals surface area (Å²) in [6.07, 6.45) is -2.99. The van der Waals surface area contributed by atoms with Crippen LogP contribution in [0.15, 0.2) is 68.9 Å². The molecule has 2 aromatic carbocycles. The van der Waals surface area contributed by atoms with Gasteiger partial charge in [0.05, 0.1) is 18.6 Å². The molecule has 2 aliphatic heterocycles. The number of sulfonamides is 1. The average molecular weight is 636 g/mol. The van der Waals surface area contributed by atoms with Gasteiger partial charge in [-0.15, -0.1) is 0 Å². The summed E-state index contributed by atoms with van der Waals surface area (Å²) < 4.78 is 83.7. The number of nitrogens with zero attached hydrogens (tertiary/aromatic N) is 3. The summed E-state index contributed by atoms with van der Waals surface area (Å²) in [5, 5.41) is 0. The first-order valence-electron chi connectivity index (χ1n) is 14.0. The van der Waals surface area contributed by atoms with E-state index in [-0.39, 0.29) is 55.3 Å². The van der Waals surface area contributed by atoms with E-state index in [9.17, 15) is 31.2 Å². The number of alkyl halides is 3. The lowest BCUT2D eigenvalue weighted by Crippen LogP contribution is -2.43. The zero-order valence-electron chi connectivity index (χ0n) is 24.0. The van der Waals surface area contributed by atoms with Crippen molar-refractivity contribution in [3.63, 3.8) is 0 Å². The van der Waals surface area contributed by atoms with Gasteiger partial charge in [0.1, 0.15) is 24.4 Å². The Morgan fingerprint density at radius 2 is 1.82 bits per heavy atom. The molecule has 44 heavy (non-hydrogen) atoms. The summed E-state index contributed by atoms with van der Waals surface area (Å²) in [4.78, 5) is 27.0. The number of hydrogen-bond donors (Lipinski definition) is 0. The molecule has 0 radical (unpaired) electrons. The van der Waals surface area contributed by atoms with Gasteiger partial charge in [-0.1, -0.05) is 18.2 Å². The Balaban J connectivity index is 1.19. The van der Waals surface area contributed by atoms with E-state index in [0.29, 0.717) is 48.0 Å². The summed E-state index contributed by atoms with van der Waals surface area (Å²) >= 11 is 0. The summed E-state index contributed by atoms with van der Waals surface area (Å²) in [5.74, 6) is -0.780. The first kappa shape index (κ1) is 31.5. The molecular formula is C30H32F3N3O7S. The zero-order valence-corrected chi connectivity index (χ0v) is 24.8. The average Bonchev–Trinajstić information content (AvgIpc) is 3.25. The monoisotopic (exact) mass is 635 g/mol. The Labute approximate surface area is 252 Å². The molecule has 0 saturated carbocycles. The van der Waals surface area contributed by atoms with Crippen LogP contribution in [0, 0.1) is 0 Å². The van der Waals surface area contributed by atoms with Gasteiger partial charge in [0.2, 0.25) is 21.2 Å². The second-order valence-electron chi connectivity index (χ2n) is 10.7. The third-order valence-corrected chi connectivity index (χ3v) is 9.56. The van der Waals surface area contributed by atoms with E-state index in [1.165, 1.54) is 28.8 Å². The highest BCUT2D eigenvalue weighted by molar-refractivity contribution is 7.89. The van der Waals surface area contributed by atoms with Crippen molar-refractivity contribution in [3.8, 4) is 11.5 Å². The molecule has 0 bridgehead atoms. The number of methoxy groups -OCH3 is 1. The van der Waals surface area contributed by atoms with Crippen LogP contribution in [0.5, 0.6) is 11.5 Å². The summed E-state index contributed by atoms with van der Waals surface area (Å²) in [6, 6.07) is 13.1. The van der Waals surface area contributed by atoms with Gasteiger partial charge in [0, 0.05) is 38.8 Å². The molecule has 1 fully saturated rings. The van der Waals surface area contributed by atoms with E-state index >= 15 is 0 Å². The third-order valence-electron chi connectivity index (χ3n) is 7.67. The molecular weight excluding hydrogens is 603 g/mol. The lowest BCUT2D eigenvalue weighted by Gasteiger charge is -2.30. The number of ether oxygens (including phenoxy) is 2. The third kappa shape index (κ3) is 7.25. The fourth-order valence-corrected chi connectivity index (χ4v) is 6.83. The van der Waals surface area contributed by atoms with Crippen molar-refractivity contribution < 1.29 is 40.3 Å². The predicted molar refractivity (Wildman–Crippen MR) is 153 cm³/mol. The van der Waals surface area contributed by atoms with Crippen molar-refractivity contribution in [3.05, 3.63) is 87.5 Å². The molecule has 1 amide bonds. The molecule has 3 heterocycles. The summed E-state index contributed by atoms with van der Waals surface area (Å²) in [6.45, 7) is 1.41. The van der Waals surface area contributed by atoms with E-state index in [4.69, 9.17) is 13.9 Å². The molecule has 5 rings (SSSR count). The number of amides is 1. The standard InChI is InChI=1S/C30H32F3N3O7S/c1-41-24-5-2-4-21(14-24)19-43-28-20-42-25(16-27(28)37)18-34-9-3-10-36(13-12-34)44(39,40)26-7-6-22-8-11-35(17-23(22)15-26)29(38)30(31,32)33/h2,4-7,14-16,20H,3,8-13,17-19H2,1H3. The Morgan fingerprint density at radius 1 is 1.00 bits per heavy atom. The summed E-state index contributed by atoms with van der Waals surface area (Å²) in [5.41, 5.74) is 1.59. The van der Waals surface area contributed by atoms with Gasteiger partial charge in [-0.3, -0.25) is 14.5 Å². The molecule has 0 N–H and O–H groups in total. The second-order valence-corrected chi connectivity index (χ2v) is 12.6. The van der Waals surface area contributed by atoms with Crippen LogP contribution in [0.2, 0.25) is 0 Å². The first-order valence-corrected chi connectivity index (χ1v) is 15.5. The van der Waals surface area contributed by atoms with E-state index in [1.807, 2.05) is 17.0 Å². The minimum atomic E-state index is -4.99. The van der Waals surface area contributed by atoms with Crippen molar-refractivity contribution in [1.82, 2.24) is 14.1 Å². The molecule has 1 saturated heterocycles. The number of carbonyl (C=O) groups is 1. The van der Waals surface area contributed by atoms with Gasteiger partial charge >= 0.3 is 12.1 Å². The molecule has 3 aromatic rings. The maximum atomic E-state index is 13.5. The van der Waals surface area contributed by atoms with Crippen LogP contribution in [-0.2, 0) is 40.9 Å². The van der Waals surface area contributed by atoms with Gasteiger partial charge in [-0.2, -0.15) is 17.5 Å². The fraction of sp³-hybridized carbons (Fsp3) is 0.400. The smallest absolute Gasteiger partial charge is 0.471 e. The van der Waals surface area contributed by atoms with Crippen molar-refractivity contribution in [2.24, 2.45) is 0 Å². The molecule has 0 aliphatic carbocycles. The highest BCUT2D eigenvalue weighted by atomic mass is 32.2. The Kier molecular flexibility index (Phi) is 9.32. The molecule has 0 atom stereocenters. The minimum absolute atomic E-state index is 0.0264. The molecule has 0 unspecified atom stereocenters. The molecule has 1 aromatic heterocycles. The van der Waals surface area contributed by atoms with Gasteiger partial charge in [-0.25, -0.2) is 8.42 Å². The summed E-state index contributed by atoms with van der Waals surface area (Å²) in [7, 11) is -2.38. The van der Waals surface area contributed by atoms with Crippen LogP contribution in [0.25, 0.3) is 0 Å². The lowest BCUT2D eigenvalue weighted by molar-refractivity contribution is -0.186. The first-order chi connectivity index (χ1) is 20.9. The van der Waals surface area contributed by atoms with E-state index in [2.05, 4.69) is 0 Å². The number of carbonyl (C=O) groups excluding carboxylic acids is 1. The Morgan fingerprint density at radius 3 is 2.57 bits per heavy atom. The van der Waals surface area contributed by atoms with Crippen LogP contribution < -0.4 is 14.9 Å². The number of hydrogen-bond acceptors (Lipinski definition) is 8. The van der Waals surface area contributed by atoms with Crippen LogP contribution in [0.3, 0.4) is 0 Å². The van der Waals surface area contributed by atoms with Gasteiger partial charge in [0.25, 0.3) is 0 Å². The number of benzene rings is 2. The fourth-order valence-electron chi connectivity index (χ4n) is 5.31. The molecule has 10 nitrogen and oxygen atoms in total. The highest BCUT2D eigenvalue weighted by Gasteiger charge is 2.43. The normalized spacial score (nSPS) is 16.7. The Bertz CT molecular complexity index is 1680. The van der Waals surface area contributed by atoms with Gasteiger partial charge in [-0.05, 0) is 60.3 Å². The number of rotatable bonds is 8. The van der Waals surface area contributed by atoms with E-state index in [0.717, 1.165) is 11.1 Å². The minimum Gasteiger partial charge on any atom is -0.497 e. The van der Waals surface area contributed by atoms with Gasteiger partial charge in [0.15, 0.2) is 0 Å². The van der Waals surface area contributed by atoms with E-state index < -0.39 is 22.1 Å². The lowest BCUT2D eigenvalue weighted by atomic mass is 10.00. The second kappa shape index (κ2) is 13.0. The van der Waals surface area contributed by atoms with Crippen molar-refractivity contribution >= 4 is 15.9 Å². The van der Waals surface area contributed by atoms with Gasteiger partial charge < -0.3 is 18.8 Å². The number of halogens is 3. The van der Waals surface area contributed by atoms with Crippen molar-refractivity contribution in [2.75, 3.05) is 39.8 Å². The van der Waals surface area contributed by atoms with Crippen molar-refractivity contribution in [2.45, 2.75) is 43.6 Å². The van der Waals surface area contributed by atoms with Crippen molar-refractivity contribution in [1.29, 1.82) is 0 Å². The van der Waals surface area contributed by atoms with Crippen LogP contribution in [0.1, 0.15) is 28.9 Å². The topological polar surface area (TPSA) is 110 Å². The molecule has 0 spiro atoms. The van der Waals surface area contributed by atoms with Crippen LogP contribution in [-0.4, -0.2) is 74.4 Å². The SMILES string of the molecule is COc1cccc(COc2coc(CN3CCCN(S(=O)(=O)c4ccc5c(c4)CN(C(=O)C(F)(F)F)CC5)CC3)cc2=O)c1. The number of fused-ring (bicyclic) bond motifs is 1. The molecule has 2 aliphatic rings. The van der Waals surface area contributed by atoms with Crippen LogP contribution >= 0.6 is 0 Å². The molecule has 236 valence electrons. The largest absolute Gasteiger partial charge is 0.497 e. The highest BCUT2D eigenvalue weighted by Crippen LogP contribution is 2.28. The molecule has 14 heteroatoms. The maximum absolute atomic E-state index is 13.5. The zero-order chi connectivity index (χ0) is 31.5.